The van der Waals surface area contributed by atoms with Crippen LogP contribution in [0.1, 0.15) is 11.5 Å². The molecule has 2 atom stereocenters. The van der Waals surface area contributed by atoms with E-state index >= 15 is 0 Å². The van der Waals surface area contributed by atoms with Crippen molar-refractivity contribution in [2.45, 2.75) is 5.92 Å². The quantitative estimate of drug-likeness (QED) is 0.760. The molecule has 2 N–H and O–H groups in total. The van der Waals surface area contributed by atoms with Crippen LogP contribution in [0.25, 0.3) is 11.1 Å². The second-order valence-electron chi connectivity index (χ2n) is 6.59. The molecule has 130 valence electrons. The van der Waals surface area contributed by atoms with Gasteiger partial charge in [0.2, 0.25) is 5.91 Å². The van der Waals surface area contributed by atoms with Crippen LogP contribution in [0.3, 0.4) is 0 Å². The number of hydrogen-bond acceptors (Lipinski definition) is 3. The molecule has 3 aromatic rings. The van der Waals surface area contributed by atoms with Crippen molar-refractivity contribution in [2.24, 2.45) is 5.92 Å². The van der Waals surface area contributed by atoms with Crippen LogP contribution in [-0.4, -0.2) is 24.0 Å². The van der Waals surface area contributed by atoms with Gasteiger partial charge in [-0.1, -0.05) is 48.5 Å². The van der Waals surface area contributed by atoms with Crippen molar-refractivity contribution < 1.29 is 4.79 Å². The van der Waals surface area contributed by atoms with Crippen LogP contribution in [0.4, 0.5) is 5.69 Å². The second-order valence-corrected chi connectivity index (χ2v) is 6.59. The molecule has 0 spiro atoms. The van der Waals surface area contributed by atoms with Crippen LogP contribution < -0.4 is 10.6 Å². The number of nitrogens with zero attached hydrogens (tertiary/aromatic N) is 1. The molecule has 0 radical (unpaired) electrons. The summed E-state index contributed by atoms with van der Waals surface area (Å²) in [5.74, 6) is 0.198. The Morgan fingerprint density at radius 1 is 0.962 bits per heavy atom. The zero-order valence-corrected chi connectivity index (χ0v) is 14.4. The molecular weight excluding hydrogens is 322 g/mol. The molecule has 0 bridgehead atoms. The molecule has 2 heterocycles. The van der Waals surface area contributed by atoms with Crippen molar-refractivity contribution in [3.8, 4) is 11.1 Å². The van der Waals surface area contributed by atoms with Gasteiger partial charge in [-0.3, -0.25) is 9.78 Å². The molecule has 1 fully saturated rings. The van der Waals surface area contributed by atoms with Crippen LogP contribution in [0.15, 0.2) is 79.1 Å². The maximum Gasteiger partial charge on any atom is 0.229 e. The highest BCUT2D eigenvalue weighted by Gasteiger charge is 2.33. The Morgan fingerprint density at radius 3 is 2.62 bits per heavy atom. The largest absolute Gasteiger partial charge is 0.326 e. The molecule has 0 unspecified atom stereocenters. The van der Waals surface area contributed by atoms with Crippen LogP contribution >= 0.6 is 0 Å². The Kier molecular flexibility index (Phi) is 4.75. The van der Waals surface area contributed by atoms with Crippen LogP contribution in [0, 0.1) is 5.92 Å². The first-order chi connectivity index (χ1) is 12.8. The molecule has 0 saturated carbocycles. The molecule has 1 aliphatic heterocycles. The van der Waals surface area contributed by atoms with E-state index in [9.17, 15) is 4.79 Å². The van der Waals surface area contributed by atoms with Gasteiger partial charge in [-0.05, 0) is 29.3 Å². The van der Waals surface area contributed by atoms with Crippen molar-refractivity contribution in [1.82, 2.24) is 10.3 Å². The van der Waals surface area contributed by atoms with Gasteiger partial charge in [0.05, 0.1) is 5.92 Å². The average molecular weight is 343 g/mol. The van der Waals surface area contributed by atoms with E-state index in [1.54, 1.807) is 6.20 Å². The van der Waals surface area contributed by atoms with E-state index in [1.165, 1.54) is 5.56 Å². The maximum absolute atomic E-state index is 12.9. The number of amides is 1. The topological polar surface area (TPSA) is 54.0 Å². The van der Waals surface area contributed by atoms with Crippen molar-refractivity contribution in [3.63, 3.8) is 0 Å². The third-order valence-corrected chi connectivity index (χ3v) is 4.90. The lowest BCUT2D eigenvalue weighted by atomic mass is 9.88. The van der Waals surface area contributed by atoms with E-state index < -0.39 is 0 Å². The first-order valence-corrected chi connectivity index (χ1v) is 8.88. The summed E-state index contributed by atoms with van der Waals surface area (Å²) >= 11 is 0. The molecule has 26 heavy (non-hydrogen) atoms. The SMILES string of the molecule is O=C(Nc1cccc(-c2cccnc2)c1)[C@@H]1CNC[C@H]1c1ccccc1. The van der Waals surface area contributed by atoms with Gasteiger partial charge in [-0.2, -0.15) is 0 Å². The highest BCUT2D eigenvalue weighted by molar-refractivity contribution is 5.94. The third kappa shape index (κ3) is 3.51. The fourth-order valence-corrected chi connectivity index (χ4v) is 3.55. The first kappa shape index (κ1) is 16.5. The molecule has 4 rings (SSSR count). The van der Waals surface area contributed by atoms with Gasteiger partial charge in [0.15, 0.2) is 0 Å². The maximum atomic E-state index is 12.9. The normalized spacial score (nSPS) is 19.2. The predicted molar refractivity (Wildman–Crippen MR) is 104 cm³/mol. The smallest absolute Gasteiger partial charge is 0.229 e. The zero-order valence-electron chi connectivity index (χ0n) is 14.4. The number of nitrogens with one attached hydrogen (secondary N) is 2. The summed E-state index contributed by atoms with van der Waals surface area (Å²) in [4.78, 5) is 17.0. The van der Waals surface area contributed by atoms with Gasteiger partial charge in [0, 0.05) is 42.7 Å². The van der Waals surface area contributed by atoms with E-state index in [0.717, 1.165) is 23.4 Å². The number of rotatable bonds is 4. The van der Waals surface area contributed by atoms with Crippen molar-refractivity contribution >= 4 is 11.6 Å². The molecule has 0 aliphatic carbocycles. The summed E-state index contributed by atoms with van der Waals surface area (Å²) < 4.78 is 0. The van der Waals surface area contributed by atoms with E-state index in [2.05, 4.69) is 27.8 Å². The highest BCUT2D eigenvalue weighted by Crippen LogP contribution is 2.29. The fourth-order valence-electron chi connectivity index (χ4n) is 3.55. The third-order valence-electron chi connectivity index (χ3n) is 4.90. The molecule has 4 heteroatoms. The molecular formula is C22H21N3O. The Hall–Kier alpha value is -2.98. The van der Waals surface area contributed by atoms with Crippen LogP contribution in [0.2, 0.25) is 0 Å². The minimum Gasteiger partial charge on any atom is -0.326 e. The number of hydrogen-bond donors (Lipinski definition) is 2. The van der Waals surface area contributed by atoms with Gasteiger partial charge >= 0.3 is 0 Å². The molecule has 4 nitrogen and oxygen atoms in total. The Morgan fingerprint density at radius 2 is 1.81 bits per heavy atom. The number of carbonyl (C=O) groups is 1. The van der Waals surface area contributed by atoms with Gasteiger partial charge in [-0.25, -0.2) is 0 Å². The Bertz CT molecular complexity index is 880. The van der Waals surface area contributed by atoms with E-state index in [1.807, 2.05) is 60.8 Å². The molecule has 1 amide bonds. The number of anilines is 1. The van der Waals surface area contributed by atoms with Crippen LogP contribution in [0.5, 0.6) is 0 Å². The van der Waals surface area contributed by atoms with Gasteiger partial charge in [0.25, 0.3) is 0 Å². The Labute approximate surface area is 153 Å². The summed E-state index contributed by atoms with van der Waals surface area (Å²) in [5, 5.41) is 6.45. The summed E-state index contributed by atoms with van der Waals surface area (Å²) in [6, 6.07) is 22.1. The second kappa shape index (κ2) is 7.50. The van der Waals surface area contributed by atoms with Crippen molar-refractivity contribution in [3.05, 3.63) is 84.7 Å². The minimum atomic E-state index is -0.0700. The van der Waals surface area contributed by atoms with Gasteiger partial charge < -0.3 is 10.6 Å². The monoisotopic (exact) mass is 343 g/mol. The fraction of sp³-hybridized carbons (Fsp3) is 0.182. The molecule has 1 saturated heterocycles. The average Bonchev–Trinajstić information content (AvgIpc) is 3.20. The number of carbonyl (C=O) groups excluding carboxylic acids is 1. The van der Waals surface area contributed by atoms with E-state index in [-0.39, 0.29) is 17.7 Å². The lowest BCUT2D eigenvalue weighted by Gasteiger charge is -2.19. The van der Waals surface area contributed by atoms with Crippen molar-refractivity contribution in [2.75, 3.05) is 18.4 Å². The summed E-state index contributed by atoms with van der Waals surface area (Å²) in [5.41, 5.74) is 4.10. The summed E-state index contributed by atoms with van der Waals surface area (Å²) in [6.07, 6.45) is 3.58. The van der Waals surface area contributed by atoms with E-state index in [4.69, 9.17) is 0 Å². The first-order valence-electron chi connectivity index (χ1n) is 8.88. The predicted octanol–water partition coefficient (Wildman–Crippen LogP) is 3.69. The van der Waals surface area contributed by atoms with E-state index in [0.29, 0.717) is 6.54 Å². The number of aromatic nitrogens is 1. The van der Waals surface area contributed by atoms with Crippen LogP contribution in [-0.2, 0) is 4.79 Å². The Balaban J connectivity index is 1.51. The lowest BCUT2D eigenvalue weighted by molar-refractivity contribution is -0.119. The summed E-state index contributed by atoms with van der Waals surface area (Å²) in [6.45, 7) is 1.53. The highest BCUT2D eigenvalue weighted by atomic mass is 16.1. The zero-order chi connectivity index (χ0) is 17.8. The minimum absolute atomic E-state index is 0.0622. The molecule has 1 aromatic heterocycles. The number of pyridine rings is 1. The molecule has 2 aromatic carbocycles. The summed E-state index contributed by atoms with van der Waals surface area (Å²) in [7, 11) is 0. The lowest BCUT2D eigenvalue weighted by Crippen LogP contribution is -2.28. The van der Waals surface area contributed by atoms with Crippen molar-refractivity contribution in [1.29, 1.82) is 0 Å². The number of benzene rings is 2. The van der Waals surface area contributed by atoms with Gasteiger partial charge in [-0.15, -0.1) is 0 Å². The molecule has 1 aliphatic rings. The van der Waals surface area contributed by atoms with Gasteiger partial charge in [0.1, 0.15) is 0 Å². The standard InChI is InChI=1S/C22H21N3O/c26-22(21-15-24-14-20(21)16-6-2-1-3-7-16)25-19-10-4-8-17(12-19)18-9-5-11-23-13-18/h1-13,20-21,24H,14-15H2,(H,25,26)/t20-,21+/m0/s1.